The number of halogens is 1. The summed E-state index contributed by atoms with van der Waals surface area (Å²) in [5.41, 5.74) is 0.202. The lowest BCUT2D eigenvalue weighted by Gasteiger charge is -2.20. The summed E-state index contributed by atoms with van der Waals surface area (Å²) < 4.78 is 0. The Kier molecular flexibility index (Phi) is 2.24. The van der Waals surface area contributed by atoms with E-state index < -0.39 is 0 Å². The number of hydrogen-bond acceptors (Lipinski definition) is 3. The minimum absolute atomic E-state index is 0.202. The van der Waals surface area contributed by atoms with E-state index in [1.165, 1.54) is 0 Å². The molecule has 13 heavy (non-hydrogen) atoms. The van der Waals surface area contributed by atoms with E-state index in [1.807, 2.05) is 11.6 Å². The molecule has 0 spiro atoms. The average Bonchev–Trinajstić information content (AvgIpc) is 2.60. The maximum Gasteiger partial charge on any atom is 0.185 e. The van der Waals surface area contributed by atoms with Crippen LogP contribution >= 0.6 is 22.9 Å². The van der Waals surface area contributed by atoms with Gasteiger partial charge in [0, 0.05) is 30.1 Å². The van der Waals surface area contributed by atoms with Gasteiger partial charge in [-0.1, -0.05) is 13.8 Å². The molecule has 4 heteroatoms. The molecule has 0 saturated carbocycles. The number of anilines is 1. The van der Waals surface area contributed by atoms with Gasteiger partial charge in [-0.3, -0.25) is 0 Å². The van der Waals surface area contributed by atoms with Crippen molar-refractivity contribution in [2.45, 2.75) is 19.2 Å². The summed E-state index contributed by atoms with van der Waals surface area (Å²) in [5, 5.41) is 3.33. The van der Waals surface area contributed by atoms with Crippen LogP contribution in [0.25, 0.3) is 0 Å². The molecule has 72 valence electrons. The van der Waals surface area contributed by atoms with Crippen molar-refractivity contribution < 1.29 is 0 Å². The van der Waals surface area contributed by atoms with Crippen molar-refractivity contribution in [1.82, 2.24) is 4.98 Å². The van der Waals surface area contributed by atoms with Crippen LogP contribution in [0.5, 0.6) is 0 Å². The Morgan fingerprint density at radius 1 is 1.69 bits per heavy atom. The fourth-order valence-corrected chi connectivity index (χ4v) is 2.50. The molecule has 0 amide bonds. The van der Waals surface area contributed by atoms with E-state index in [1.54, 1.807) is 11.3 Å². The molecule has 1 fully saturated rings. The second-order valence-electron chi connectivity index (χ2n) is 4.15. The molecule has 2 rings (SSSR count). The Labute approximate surface area is 87.5 Å². The molecule has 1 aliphatic rings. The summed E-state index contributed by atoms with van der Waals surface area (Å²) in [4.78, 5) is 6.55. The third-order valence-electron chi connectivity index (χ3n) is 2.52. The van der Waals surface area contributed by atoms with Crippen LogP contribution in [0.3, 0.4) is 0 Å². The maximum atomic E-state index is 6.25. The molecule has 1 atom stereocenters. The van der Waals surface area contributed by atoms with Crippen LogP contribution in [-0.4, -0.2) is 23.5 Å². The number of alkyl halides is 1. The van der Waals surface area contributed by atoms with E-state index in [4.69, 9.17) is 11.6 Å². The lowest BCUT2D eigenvalue weighted by molar-refractivity contribution is 0.425. The van der Waals surface area contributed by atoms with Crippen LogP contribution < -0.4 is 4.90 Å². The normalized spacial score (nSPS) is 26.7. The van der Waals surface area contributed by atoms with Crippen molar-refractivity contribution in [3.05, 3.63) is 11.6 Å². The van der Waals surface area contributed by atoms with E-state index in [0.29, 0.717) is 0 Å². The number of rotatable bonds is 1. The van der Waals surface area contributed by atoms with Crippen LogP contribution in [0.1, 0.15) is 13.8 Å². The molecule has 1 saturated heterocycles. The molecule has 1 unspecified atom stereocenters. The average molecular weight is 217 g/mol. The van der Waals surface area contributed by atoms with Gasteiger partial charge >= 0.3 is 0 Å². The van der Waals surface area contributed by atoms with E-state index in [2.05, 4.69) is 23.7 Å². The second kappa shape index (κ2) is 3.14. The van der Waals surface area contributed by atoms with Crippen molar-refractivity contribution >= 4 is 28.1 Å². The van der Waals surface area contributed by atoms with Crippen LogP contribution in [0.2, 0.25) is 0 Å². The fourth-order valence-electron chi connectivity index (χ4n) is 1.61. The van der Waals surface area contributed by atoms with Gasteiger partial charge in [0.15, 0.2) is 5.13 Å². The Morgan fingerprint density at radius 3 is 2.92 bits per heavy atom. The summed E-state index contributed by atoms with van der Waals surface area (Å²) in [6.45, 7) is 6.34. The van der Waals surface area contributed by atoms with Crippen LogP contribution in [-0.2, 0) is 0 Å². The van der Waals surface area contributed by atoms with E-state index in [9.17, 15) is 0 Å². The Hall–Kier alpha value is -0.280. The molecule has 0 radical (unpaired) electrons. The van der Waals surface area contributed by atoms with Crippen molar-refractivity contribution in [2.24, 2.45) is 5.41 Å². The molecule has 0 aromatic carbocycles. The largest absolute Gasteiger partial charge is 0.346 e. The zero-order valence-corrected chi connectivity index (χ0v) is 9.40. The van der Waals surface area contributed by atoms with Gasteiger partial charge in [-0.15, -0.1) is 22.9 Å². The summed E-state index contributed by atoms with van der Waals surface area (Å²) in [5.74, 6) is 0. The first-order chi connectivity index (χ1) is 6.09. The first-order valence-electron chi connectivity index (χ1n) is 4.38. The van der Waals surface area contributed by atoms with Gasteiger partial charge in [0.05, 0.1) is 5.38 Å². The van der Waals surface area contributed by atoms with E-state index in [0.717, 1.165) is 18.2 Å². The van der Waals surface area contributed by atoms with E-state index in [-0.39, 0.29) is 10.8 Å². The summed E-state index contributed by atoms with van der Waals surface area (Å²) in [6, 6.07) is 0. The first-order valence-corrected chi connectivity index (χ1v) is 5.70. The third kappa shape index (κ3) is 1.67. The van der Waals surface area contributed by atoms with Gasteiger partial charge in [0.2, 0.25) is 0 Å². The third-order valence-corrected chi connectivity index (χ3v) is 4.08. The molecule has 2 nitrogen and oxygen atoms in total. The second-order valence-corrected chi connectivity index (χ2v) is 5.55. The minimum atomic E-state index is 0.202. The molecule has 0 aliphatic carbocycles. The number of thiazole rings is 1. The lowest BCUT2D eigenvalue weighted by atomic mass is 9.93. The molecule has 1 aromatic heterocycles. The van der Waals surface area contributed by atoms with Crippen LogP contribution in [0, 0.1) is 5.41 Å². The highest BCUT2D eigenvalue weighted by molar-refractivity contribution is 7.13. The SMILES string of the molecule is CC1(C)CN(c2nccs2)CC1Cl. The fraction of sp³-hybridized carbons (Fsp3) is 0.667. The minimum Gasteiger partial charge on any atom is -0.346 e. The molecule has 0 N–H and O–H groups in total. The highest BCUT2D eigenvalue weighted by Crippen LogP contribution is 2.36. The topological polar surface area (TPSA) is 16.1 Å². The quantitative estimate of drug-likeness (QED) is 0.671. The van der Waals surface area contributed by atoms with Crippen molar-refractivity contribution in [3.63, 3.8) is 0 Å². The monoisotopic (exact) mass is 216 g/mol. The van der Waals surface area contributed by atoms with Gasteiger partial charge in [-0.25, -0.2) is 4.98 Å². The molecule has 1 aliphatic heterocycles. The highest BCUT2D eigenvalue weighted by atomic mass is 35.5. The van der Waals surface area contributed by atoms with Crippen molar-refractivity contribution in [2.75, 3.05) is 18.0 Å². The zero-order valence-electron chi connectivity index (χ0n) is 7.83. The van der Waals surface area contributed by atoms with Crippen LogP contribution in [0.15, 0.2) is 11.6 Å². The summed E-state index contributed by atoms with van der Waals surface area (Å²) in [7, 11) is 0. The number of nitrogens with zero attached hydrogens (tertiary/aromatic N) is 2. The zero-order chi connectivity index (χ0) is 9.47. The lowest BCUT2D eigenvalue weighted by Crippen LogP contribution is -2.23. The highest BCUT2D eigenvalue weighted by Gasteiger charge is 2.38. The Bertz CT molecular complexity index is 284. The predicted molar refractivity (Wildman–Crippen MR) is 57.7 cm³/mol. The first kappa shape index (κ1) is 9.28. The van der Waals surface area contributed by atoms with Crippen molar-refractivity contribution in [3.8, 4) is 0 Å². The van der Waals surface area contributed by atoms with Gasteiger partial charge in [-0.05, 0) is 0 Å². The van der Waals surface area contributed by atoms with Crippen LogP contribution in [0.4, 0.5) is 5.13 Å². The molecular weight excluding hydrogens is 204 g/mol. The van der Waals surface area contributed by atoms with Gasteiger partial charge in [0.1, 0.15) is 0 Å². The van der Waals surface area contributed by atoms with Gasteiger partial charge in [-0.2, -0.15) is 0 Å². The number of hydrogen-bond donors (Lipinski definition) is 0. The smallest absolute Gasteiger partial charge is 0.185 e. The molecule has 0 bridgehead atoms. The van der Waals surface area contributed by atoms with Crippen molar-refractivity contribution in [1.29, 1.82) is 0 Å². The molecule has 2 heterocycles. The Balaban J connectivity index is 2.15. The van der Waals surface area contributed by atoms with E-state index >= 15 is 0 Å². The predicted octanol–water partition coefficient (Wildman–Crippen LogP) is 2.60. The Morgan fingerprint density at radius 2 is 2.46 bits per heavy atom. The van der Waals surface area contributed by atoms with Gasteiger partial charge in [0.25, 0.3) is 0 Å². The maximum absolute atomic E-state index is 6.25. The summed E-state index contributed by atoms with van der Waals surface area (Å²) >= 11 is 7.93. The standard InChI is InChI=1S/C9H13ClN2S/c1-9(2)6-12(5-7(9)10)8-11-3-4-13-8/h3-4,7H,5-6H2,1-2H3. The van der Waals surface area contributed by atoms with Gasteiger partial charge < -0.3 is 4.90 Å². The molecular formula is C9H13ClN2S. The summed E-state index contributed by atoms with van der Waals surface area (Å²) in [6.07, 6.45) is 1.84. The molecule has 1 aromatic rings. The number of aromatic nitrogens is 1.